The number of fused-ring (bicyclic) bond motifs is 3. The van der Waals surface area contributed by atoms with E-state index >= 15 is 0 Å². The summed E-state index contributed by atoms with van der Waals surface area (Å²) in [5, 5.41) is 1.29. The minimum Gasteiger partial charge on any atom is -0.481 e. The zero-order valence-electron chi connectivity index (χ0n) is 21.2. The van der Waals surface area contributed by atoms with Crippen molar-refractivity contribution in [2.75, 3.05) is 25.1 Å². The zero-order chi connectivity index (χ0) is 27.1. The van der Waals surface area contributed by atoms with Crippen LogP contribution in [0.1, 0.15) is 24.8 Å². The molecule has 6 nitrogen and oxygen atoms in total. The maximum Gasteiger partial charge on any atom is 0.418 e. The quantitative estimate of drug-likeness (QED) is 0.245. The van der Waals surface area contributed by atoms with Crippen LogP contribution < -0.4 is 15.2 Å². The zero-order valence-corrected chi connectivity index (χ0v) is 21.2. The Balaban J connectivity index is 1.58. The number of aromatic nitrogens is 3. The normalized spacial score (nSPS) is 14.2. The van der Waals surface area contributed by atoms with E-state index < -0.39 is 17.3 Å². The van der Waals surface area contributed by atoms with Crippen LogP contribution in [0.4, 0.5) is 18.9 Å². The molecular weight excluding hydrogens is 505 g/mol. The Hall–Kier alpha value is -4.40. The van der Waals surface area contributed by atoms with Crippen LogP contribution in [-0.4, -0.2) is 34.7 Å². The van der Waals surface area contributed by atoms with Gasteiger partial charge < -0.3 is 9.64 Å². The Kier molecular flexibility index (Phi) is 6.21. The van der Waals surface area contributed by atoms with Gasteiger partial charge in [-0.25, -0.2) is 4.98 Å². The first kappa shape index (κ1) is 24.9. The molecule has 6 rings (SSSR count). The number of methoxy groups -OCH3 is 1. The van der Waals surface area contributed by atoms with Crippen molar-refractivity contribution < 1.29 is 17.9 Å². The first-order chi connectivity index (χ1) is 18.8. The van der Waals surface area contributed by atoms with Gasteiger partial charge in [-0.05, 0) is 67.3 Å². The highest BCUT2D eigenvalue weighted by Gasteiger charge is 2.36. The summed E-state index contributed by atoms with van der Waals surface area (Å²) in [6.07, 6.45) is 1.46. The minimum absolute atomic E-state index is 0.153. The van der Waals surface area contributed by atoms with Gasteiger partial charge in [0.25, 0.3) is 5.56 Å². The molecule has 1 aliphatic heterocycles. The molecule has 0 N–H and O–H groups in total. The van der Waals surface area contributed by atoms with Crippen molar-refractivity contribution in [1.29, 1.82) is 0 Å². The van der Waals surface area contributed by atoms with Gasteiger partial charge in [-0.2, -0.15) is 13.2 Å². The van der Waals surface area contributed by atoms with E-state index in [1.165, 1.54) is 16.7 Å². The molecule has 9 heteroatoms. The molecule has 39 heavy (non-hydrogen) atoms. The first-order valence-electron chi connectivity index (χ1n) is 12.7. The Morgan fingerprint density at radius 2 is 1.64 bits per heavy atom. The molecule has 0 unspecified atom stereocenters. The van der Waals surface area contributed by atoms with Crippen LogP contribution in [0.2, 0.25) is 0 Å². The van der Waals surface area contributed by atoms with E-state index in [1.807, 2.05) is 24.3 Å². The van der Waals surface area contributed by atoms with Crippen molar-refractivity contribution in [2.24, 2.45) is 0 Å². The summed E-state index contributed by atoms with van der Waals surface area (Å²) >= 11 is 0. The van der Waals surface area contributed by atoms with E-state index in [-0.39, 0.29) is 11.4 Å². The average molecular weight is 531 g/mol. The molecular formula is C30H25F3N4O2. The van der Waals surface area contributed by atoms with Crippen molar-refractivity contribution in [2.45, 2.75) is 25.4 Å². The molecule has 2 aromatic carbocycles. The summed E-state index contributed by atoms with van der Waals surface area (Å²) in [6, 6.07) is 16.4. The van der Waals surface area contributed by atoms with Gasteiger partial charge in [0.05, 0.1) is 29.4 Å². The molecule has 198 valence electrons. The van der Waals surface area contributed by atoms with E-state index in [2.05, 4.69) is 9.97 Å². The number of ether oxygens (including phenoxy) is 1. The van der Waals surface area contributed by atoms with E-state index in [4.69, 9.17) is 4.74 Å². The lowest BCUT2D eigenvalue weighted by Crippen LogP contribution is -2.31. The molecule has 0 amide bonds. The molecule has 0 atom stereocenters. The first-order valence-corrected chi connectivity index (χ1v) is 12.7. The number of alkyl halides is 3. The third kappa shape index (κ3) is 4.58. The van der Waals surface area contributed by atoms with Crippen molar-refractivity contribution in [1.82, 2.24) is 14.5 Å². The second-order valence-corrected chi connectivity index (χ2v) is 9.64. The third-order valence-electron chi connectivity index (χ3n) is 7.24. The van der Waals surface area contributed by atoms with Gasteiger partial charge in [-0.15, -0.1) is 0 Å². The standard InChI is InChI=1S/C30H25F3N4O2/c1-39-27-11-6-20(17-35-27)19-5-9-25-23(15-19)29-21(18-34-25)7-12-28(38)37(29)22-8-10-26(24(16-22)30(31,32)33)36-13-3-2-4-14-36/h5-12,15-18H,2-4,13-14H2,1H3. The predicted octanol–water partition coefficient (Wildman–Crippen LogP) is 6.62. The van der Waals surface area contributed by atoms with E-state index in [0.29, 0.717) is 40.8 Å². The maximum atomic E-state index is 14.3. The molecule has 1 fully saturated rings. The van der Waals surface area contributed by atoms with Gasteiger partial charge in [0.2, 0.25) is 5.88 Å². The molecule has 0 radical (unpaired) electrons. The summed E-state index contributed by atoms with van der Waals surface area (Å²) in [7, 11) is 1.54. The lowest BCUT2D eigenvalue weighted by Gasteiger charge is -2.31. The van der Waals surface area contributed by atoms with Gasteiger partial charge in [0.1, 0.15) is 0 Å². The lowest BCUT2D eigenvalue weighted by atomic mass is 10.0. The number of hydrogen-bond donors (Lipinski definition) is 0. The molecule has 3 aromatic heterocycles. The molecule has 0 bridgehead atoms. The average Bonchev–Trinajstić information content (AvgIpc) is 2.96. The fourth-order valence-electron chi connectivity index (χ4n) is 5.32. The topological polar surface area (TPSA) is 60.2 Å². The fraction of sp³-hybridized carbons (Fsp3) is 0.233. The van der Waals surface area contributed by atoms with Crippen molar-refractivity contribution in [3.8, 4) is 22.7 Å². The molecule has 0 aliphatic carbocycles. The van der Waals surface area contributed by atoms with Gasteiger partial charge >= 0.3 is 6.18 Å². The third-order valence-corrected chi connectivity index (χ3v) is 7.24. The van der Waals surface area contributed by atoms with Crippen LogP contribution in [0.3, 0.4) is 0 Å². The smallest absolute Gasteiger partial charge is 0.418 e. The summed E-state index contributed by atoms with van der Waals surface area (Å²) in [6.45, 7) is 1.16. The van der Waals surface area contributed by atoms with Crippen molar-refractivity contribution >= 4 is 27.5 Å². The highest BCUT2D eigenvalue weighted by Crippen LogP contribution is 2.39. The van der Waals surface area contributed by atoms with Crippen LogP contribution in [0.15, 0.2) is 77.9 Å². The molecule has 1 aliphatic rings. The summed E-state index contributed by atoms with van der Waals surface area (Å²) < 4.78 is 49.5. The Morgan fingerprint density at radius 3 is 2.36 bits per heavy atom. The largest absolute Gasteiger partial charge is 0.481 e. The SMILES string of the molecule is COc1ccc(-c2ccc3ncc4ccc(=O)n(-c5ccc(N6CCCCC6)c(C(F)(F)F)c5)c4c3c2)cn1. The summed E-state index contributed by atoms with van der Waals surface area (Å²) in [5.74, 6) is 0.481. The minimum atomic E-state index is -4.57. The second-order valence-electron chi connectivity index (χ2n) is 9.64. The van der Waals surface area contributed by atoms with Gasteiger partial charge in [-0.1, -0.05) is 6.07 Å². The Labute approximate surface area is 222 Å². The monoisotopic (exact) mass is 530 g/mol. The van der Waals surface area contributed by atoms with E-state index in [9.17, 15) is 18.0 Å². The van der Waals surface area contributed by atoms with E-state index in [1.54, 1.807) is 42.6 Å². The van der Waals surface area contributed by atoms with Crippen LogP contribution in [0.5, 0.6) is 5.88 Å². The molecule has 0 saturated carbocycles. The number of anilines is 1. The molecule has 1 saturated heterocycles. The maximum absolute atomic E-state index is 14.3. The number of rotatable bonds is 4. The van der Waals surface area contributed by atoms with Crippen LogP contribution in [-0.2, 0) is 6.18 Å². The second kappa shape index (κ2) is 9.72. The highest BCUT2D eigenvalue weighted by atomic mass is 19.4. The molecule has 4 heterocycles. The number of hydrogen-bond acceptors (Lipinski definition) is 5. The number of piperidine rings is 1. The van der Waals surface area contributed by atoms with Crippen molar-refractivity contribution in [3.63, 3.8) is 0 Å². The highest BCUT2D eigenvalue weighted by molar-refractivity contribution is 6.05. The summed E-state index contributed by atoms with van der Waals surface area (Å²) in [5.41, 5.74) is 1.90. The predicted molar refractivity (Wildman–Crippen MR) is 146 cm³/mol. The Bertz CT molecular complexity index is 1740. The van der Waals surface area contributed by atoms with Crippen LogP contribution >= 0.6 is 0 Å². The fourth-order valence-corrected chi connectivity index (χ4v) is 5.32. The number of nitrogens with zero attached hydrogens (tertiary/aromatic N) is 4. The number of halogens is 3. The summed E-state index contributed by atoms with van der Waals surface area (Å²) in [4.78, 5) is 23.9. The van der Waals surface area contributed by atoms with Crippen LogP contribution in [0, 0.1) is 0 Å². The number of pyridine rings is 3. The van der Waals surface area contributed by atoms with Crippen molar-refractivity contribution in [3.05, 3.63) is 89.0 Å². The molecule has 0 spiro atoms. The van der Waals surface area contributed by atoms with E-state index in [0.717, 1.165) is 36.5 Å². The molecule has 5 aromatic rings. The Morgan fingerprint density at radius 1 is 0.846 bits per heavy atom. The van der Waals surface area contributed by atoms with Crippen LogP contribution in [0.25, 0.3) is 38.6 Å². The lowest BCUT2D eigenvalue weighted by molar-refractivity contribution is -0.137. The van der Waals surface area contributed by atoms with Gasteiger partial charge in [0.15, 0.2) is 0 Å². The van der Waals surface area contributed by atoms with Gasteiger partial charge in [-0.3, -0.25) is 14.3 Å². The van der Waals surface area contributed by atoms with Gasteiger partial charge in [0, 0.05) is 59.6 Å². The number of benzene rings is 2.